The molecule has 0 saturated carbocycles. The van der Waals surface area contributed by atoms with Crippen LogP contribution in [0, 0.1) is 22.7 Å². The fraction of sp³-hybridized carbons (Fsp3) is 0. The van der Waals surface area contributed by atoms with E-state index in [4.69, 9.17) is 38.5 Å². The number of aromatic amines is 1. The Labute approximate surface area is 200 Å². The van der Waals surface area contributed by atoms with Gasteiger partial charge in [0.1, 0.15) is 11.8 Å². The normalized spacial score (nSPS) is 10.4. The maximum Gasteiger partial charge on any atom is 0.349 e. The molecule has 2 aromatic carbocycles. The Kier molecular flexibility index (Phi) is 6.02. The first kappa shape index (κ1) is 22.6. The third-order valence-electron chi connectivity index (χ3n) is 4.52. The lowest BCUT2D eigenvalue weighted by atomic mass is 10.2. The van der Waals surface area contributed by atoms with E-state index >= 15 is 0 Å². The summed E-state index contributed by atoms with van der Waals surface area (Å²) < 4.78 is 7.85. The van der Waals surface area contributed by atoms with E-state index in [0.29, 0.717) is 11.3 Å². The van der Waals surface area contributed by atoms with Crippen molar-refractivity contribution in [1.82, 2.24) is 19.3 Å². The molecule has 4 rings (SSSR count). The molecule has 0 saturated heterocycles. The average Bonchev–Trinajstić information content (AvgIpc) is 2.82. The Morgan fingerprint density at radius 3 is 2.35 bits per heavy atom. The SMILES string of the molecule is N#Cc1cccc(-n2cc(Oc3c(Cl)cc(-n4nc(C#N)c(=O)[nH]c4=O)cc3Cl)ccc2=O)c1. The summed E-state index contributed by atoms with van der Waals surface area (Å²) >= 11 is 12.7. The number of halogens is 2. The van der Waals surface area contributed by atoms with Crippen LogP contribution >= 0.6 is 23.2 Å². The summed E-state index contributed by atoms with van der Waals surface area (Å²) in [5, 5.41) is 21.8. The molecule has 2 aromatic heterocycles. The molecule has 12 heteroatoms. The molecular formula is C22H10Cl2N6O4. The summed E-state index contributed by atoms with van der Waals surface area (Å²) in [6.45, 7) is 0. The third kappa shape index (κ3) is 4.32. The number of benzene rings is 2. The van der Waals surface area contributed by atoms with Crippen molar-refractivity contribution in [2.75, 3.05) is 0 Å². The fourth-order valence-electron chi connectivity index (χ4n) is 2.99. The molecule has 0 radical (unpaired) electrons. The summed E-state index contributed by atoms with van der Waals surface area (Å²) in [5.74, 6) is 0.241. The van der Waals surface area contributed by atoms with Gasteiger partial charge in [-0.1, -0.05) is 29.3 Å². The van der Waals surface area contributed by atoms with Gasteiger partial charge in [-0.15, -0.1) is 5.10 Å². The number of nitrogens with one attached hydrogen (secondary N) is 1. The van der Waals surface area contributed by atoms with Gasteiger partial charge in [0.15, 0.2) is 5.75 Å². The number of ether oxygens (including phenoxy) is 1. The summed E-state index contributed by atoms with van der Waals surface area (Å²) in [7, 11) is 0. The zero-order chi connectivity index (χ0) is 24.4. The fourth-order valence-corrected chi connectivity index (χ4v) is 3.54. The van der Waals surface area contributed by atoms with E-state index < -0.39 is 16.9 Å². The number of hydrogen-bond acceptors (Lipinski definition) is 7. The number of H-pyrrole nitrogens is 1. The van der Waals surface area contributed by atoms with E-state index in [1.807, 2.05) is 11.1 Å². The van der Waals surface area contributed by atoms with Crippen molar-refractivity contribution in [1.29, 1.82) is 10.5 Å². The van der Waals surface area contributed by atoms with Gasteiger partial charge in [-0.05, 0) is 36.4 Å². The zero-order valence-corrected chi connectivity index (χ0v) is 18.3. The lowest BCUT2D eigenvalue weighted by Gasteiger charge is -2.13. The van der Waals surface area contributed by atoms with Crippen molar-refractivity contribution in [2.24, 2.45) is 0 Å². The van der Waals surface area contributed by atoms with E-state index in [-0.39, 0.29) is 32.8 Å². The van der Waals surface area contributed by atoms with Crippen LogP contribution in [0.25, 0.3) is 11.4 Å². The molecule has 10 nitrogen and oxygen atoms in total. The van der Waals surface area contributed by atoms with Gasteiger partial charge < -0.3 is 4.74 Å². The standard InChI is InChI=1S/C22H10Cl2N6O4/c23-16-7-14(30-22(33)27-21(32)18(10-26)28-30)8-17(24)20(16)34-15-4-5-19(31)29(11-15)13-3-1-2-12(6-13)9-25/h1-8,11H,(H,27,32,33). The Morgan fingerprint density at radius 1 is 0.941 bits per heavy atom. The van der Waals surface area contributed by atoms with Crippen molar-refractivity contribution in [3.05, 3.63) is 107 Å². The zero-order valence-electron chi connectivity index (χ0n) is 16.8. The lowest BCUT2D eigenvalue weighted by molar-refractivity contribution is 0.478. The summed E-state index contributed by atoms with van der Waals surface area (Å²) in [4.78, 5) is 38.0. The minimum Gasteiger partial charge on any atom is -0.453 e. The predicted octanol–water partition coefficient (Wildman–Crippen LogP) is 2.91. The highest BCUT2D eigenvalue weighted by Crippen LogP contribution is 2.38. The lowest BCUT2D eigenvalue weighted by Crippen LogP contribution is -2.33. The van der Waals surface area contributed by atoms with Crippen molar-refractivity contribution >= 4 is 23.2 Å². The van der Waals surface area contributed by atoms with Crippen LogP contribution in [-0.2, 0) is 0 Å². The number of nitrogens with zero attached hydrogens (tertiary/aromatic N) is 5. The Morgan fingerprint density at radius 2 is 1.68 bits per heavy atom. The Balaban J connectivity index is 1.74. The number of rotatable bonds is 4. The highest BCUT2D eigenvalue weighted by Gasteiger charge is 2.16. The monoisotopic (exact) mass is 492 g/mol. The van der Waals surface area contributed by atoms with Crippen molar-refractivity contribution in [3.8, 4) is 35.0 Å². The van der Waals surface area contributed by atoms with E-state index in [0.717, 1.165) is 4.68 Å². The maximum absolute atomic E-state index is 12.4. The average molecular weight is 493 g/mol. The van der Waals surface area contributed by atoms with Crippen molar-refractivity contribution in [2.45, 2.75) is 0 Å². The number of aromatic nitrogens is 4. The second-order valence-electron chi connectivity index (χ2n) is 6.71. The predicted molar refractivity (Wildman–Crippen MR) is 122 cm³/mol. The van der Waals surface area contributed by atoms with Crippen LogP contribution in [-0.4, -0.2) is 19.3 Å². The number of hydrogen-bond donors (Lipinski definition) is 1. The van der Waals surface area contributed by atoms with Gasteiger partial charge >= 0.3 is 5.69 Å². The third-order valence-corrected chi connectivity index (χ3v) is 5.08. The molecule has 2 heterocycles. The second kappa shape index (κ2) is 9.08. The van der Waals surface area contributed by atoms with Crippen LogP contribution in [0.1, 0.15) is 11.3 Å². The number of nitriles is 2. The molecule has 1 N–H and O–H groups in total. The smallest absolute Gasteiger partial charge is 0.349 e. The minimum absolute atomic E-state index is 0.00913. The molecule has 4 aromatic rings. The molecular weight excluding hydrogens is 483 g/mol. The van der Waals surface area contributed by atoms with Gasteiger partial charge in [0.25, 0.3) is 11.1 Å². The van der Waals surface area contributed by atoms with Crippen LogP contribution in [0.3, 0.4) is 0 Å². The second-order valence-corrected chi connectivity index (χ2v) is 7.52. The first-order valence-electron chi connectivity index (χ1n) is 9.35. The van der Waals surface area contributed by atoms with E-state index in [1.54, 1.807) is 30.3 Å². The molecule has 0 aliphatic rings. The van der Waals surface area contributed by atoms with Gasteiger partial charge in [-0.25, -0.2) is 4.79 Å². The van der Waals surface area contributed by atoms with Gasteiger partial charge in [0.05, 0.1) is 39.2 Å². The molecule has 0 bridgehead atoms. The molecule has 166 valence electrons. The quantitative estimate of drug-likeness (QED) is 0.460. The molecule has 0 spiro atoms. The summed E-state index contributed by atoms with van der Waals surface area (Å²) in [5.41, 5.74) is -1.77. The molecule has 0 aliphatic carbocycles. The van der Waals surface area contributed by atoms with Crippen LogP contribution in [0.4, 0.5) is 0 Å². The van der Waals surface area contributed by atoms with Gasteiger partial charge in [0, 0.05) is 6.07 Å². The summed E-state index contributed by atoms with van der Waals surface area (Å²) in [6, 6.07) is 15.4. The maximum atomic E-state index is 12.4. The first-order valence-corrected chi connectivity index (χ1v) is 10.1. The molecule has 0 unspecified atom stereocenters. The van der Waals surface area contributed by atoms with Crippen LogP contribution < -0.4 is 21.5 Å². The van der Waals surface area contributed by atoms with Crippen LogP contribution in [0.15, 0.2) is 69.1 Å². The molecule has 34 heavy (non-hydrogen) atoms. The highest BCUT2D eigenvalue weighted by atomic mass is 35.5. The van der Waals surface area contributed by atoms with E-state index in [1.165, 1.54) is 35.0 Å². The van der Waals surface area contributed by atoms with Crippen molar-refractivity contribution < 1.29 is 4.74 Å². The molecule has 0 fully saturated rings. The van der Waals surface area contributed by atoms with Crippen LogP contribution in [0.2, 0.25) is 10.0 Å². The van der Waals surface area contributed by atoms with Crippen LogP contribution in [0.5, 0.6) is 11.5 Å². The van der Waals surface area contributed by atoms with Gasteiger partial charge in [0.2, 0.25) is 5.69 Å². The molecule has 0 amide bonds. The van der Waals surface area contributed by atoms with Gasteiger partial charge in [-0.2, -0.15) is 15.2 Å². The molecule has 0 atom stereocenters. The number of pyridine rings is 1. The first-order chi connectivity index (χ1) is 16.3. The Hall–Kier alpha value is -4.64. The topological polar surface area (TPSA) is 147 Å². The largest absolute Gasteiger partial charge is 0.453 e. The molecule has 0 aliphatic heterocycles. The highest BCUT2D eigenvalue weighted by molar-refractivity contribution is 6.37. The summed E-state index contributed by atoms with van der Waals surface area (Å²) in [6.07, 6.45) is 1.41. The van der Waals surface area contributed by atoms with E-state index in [2.05, 4.69) is 5.10 Å². The minimum atomic E-state index is -0.920. The van der Waals surface area contributed by atoms with Gasteiger partial charge in [-0.3, -0.25) is 19.1 Å². The van der Waals surface area contributed by atoms with E-state index in [9.17, 15) is 14.4 Å². The Bertz CT molecular complexity index is 1690. The van der Waals surface area contributed by atoms with Crippen molar-refractivity contribution in [3.63, 3.8) is 0 Å².